The number of halogens is 1. The number of carbonyl (C=O) groups excluding carboxylic acids is 1. The Morgan fingerprint density at radius 3 is 2.50 bits per heavy atom. The van der Waals surface area contributed by atoms with E-state index in [0.29, 0.717) is 34.8 Å². The van der Waals surface area contributed by atoms with E-state index < -0.39 is 5.60 Å². The van der Waals surface area contributed by atoms with Crippen LogP contribution in [-0.2, 0) is 10.2 Å². The van der Waals surface area contributed by atoms with Crippen LogP contribution >= 0.6 is 11.6 Å². The Morgan fingerprint density at radius 2 is 1.85 bits per heavy atom. The van der Waals surface area contributed by atoms with Crippen LogP contribution in [0.5, 0.6) is 0 Å². The summed E-state index contributed by atoms with van der Waals surface area (Å²) in [6, 6.07) is 17.9. The summed E-state index contributed by atoms with van der Waals surface area (Å²) in [6.07, 6.45) is 3.51. The van der Waals surface area contributed by atoms with Crippen LogP contribution in [0, 0.1) is 0 Å². The fraction of sp³-hybridized carbons (Fsp3) is 0.444. The van der Waals surface area contributed by atoms with Gasteiger partial charge in [-0.3, -0.25) is 0 Å². The molecule has 0 saturated heterocycles. The molecule has 2 fully saturated rings. The quantitative estimate of drug-likeness (QED) is 0.398. The number of aromatic nitrogens is 2. The van der Waals surface area contributed by atoms with Gasteiger partial charge in [-0.25, -0.2) is 4.79 Å². The second-order valence-electron chi connectivity index (χ2n) is 10.5. The molecule has 2 aliphatic carbocycles. The second kappa shape index (κ2) is 8.73. The summed E-state index contributed by atoms with van der Waals surface area (Å²) in [5.41, 5.74) is 1.06. The van der Waals surface area contributed by atoms with Crippen LogP contribution in [0.3, 0.4) is 0 Å². The Balaban J connectivity index is 1.42. The van der Waals surface area contributed by atoms with E-state index in [-0.39, 0.29) is 17.6 Å². The van der Waals surface area contributed by atoms with Gasteiger partial charge in [0.15, 0.2) is 5.82 Å². The predicted octanol–water partition coefficient (Wildman–Crippen LogP) is 6.60. The molecule has 178 valence electrons. The minimum absolute atomic E-state index is 0.102. The molecule has 1 amide bonds. The van der Waals surface area contributed by atoms with Crippen molar-refractivity contribution in [3.8, 4) is 11.5 Å². The standard InChI is InChI=1S/C27H30ClN3O3/c1-26(2,3)33-25(32)31(22-16-20(22)18-10-5-4-6-11-18)17-27(14-9-15-27)24-29-23(34-30-24)19-12-7-8-13-21(19)28/h4-8,10-13,20,22H,9,14-17H2,1-3H3/t20?,22-/m0/s1. The first-order valence-electron chi connectivity index (χ1n) is 11.9. The molecule has 7 heteroatoms. The molecule has 2 aliphatic rings. The molecule has 2 saturated carbocycles. The SMILES string of the molecule is CC(C)(C)OC(=O)N(CC1(c2noc(-c3ccccc3Cl)n2)CCC1)[C@H]1CC1c1ccccc1. The van der Waals surface area contributed by atoms with Crippen molar-refractivity contribution < 1.29 is 14.1 Å². The second-order valence-corrected chi connectivity index (χ2v) is 10.9. The number of benzene rings is 2. The largest absolute Gasteiger partial charge is 0.444 e. The van der Waals surface area contributed by atoms with Gasteiger partial charge in [-0.15, -0.1) is 0 Å². The molecule has 2 atom stereocenters. The molecule has 1 heterocycles. The molecule has 0 aliphatic heterocycles. The average molecular weight is 480 g/mol. The summed E-state index contributed by atoms with van der Waals surface area (Å²) in [5.74, 6) is 1.36. The van der Waals surface area contributed by atoms with Crippen molar-refractivity contribution in [2.24, 2.45) is 0 Å². The maximum atomic E-state index is 13.4. The van der Waals surface area contributed by atoms with Crippen molar-refractivity contribution in [1.29, 1.82) is 0 Å². The highest BCUT2D eigenvalue weighted by molar-refractivity contribution is 6.33. The molecule has 0 radical (unpaired) electrons. The highest BCUT2D eigenvalue weighted by Gasteiger charge is 2.52. The number of hydrogen-bond donors (Lipinski definition) is 0. The lowest BCUT2D eigenvalue weighted by Crippen LogP contribution is -2.50. The summed E-state index contributed by atoms with van der Waals surface area (Å²) < 4.78 is 11.5. The first-order valence-corrected chi connectivity index (χ1v) is 12.3. The molecule has 1 unspecified atom stereocenters. The number of amides is 1. The molecule has 0 bridgehead atoms. The molecule has 5 rings (SSSR count). The van der Waals surface area contributed by atoms with E-state index in [1.54, 1.807) is 6.07 Å². The van der Waals surface area contributed by atoms with Crippen LogP contribution < -0.4 is 0 Å². The lowest BCUT2D eigenvalue weighted by atomic mass is 9.67. The van der Waals surface area contributed by atoms with Crippen molar-refractivity contribution in [3.05, 3.63) is 71.0 Å². The maximum absolute atomic E-state index is 13.4. The zero-order valence-corrected chi connectivity index (χ0v) is 20.6. The van der Waals surface area contributed by atoms with Gasteiger partial charge in [0.25, 0.3) is 5.89 Å². The average Bonchev–Trinajstić information content (AvgIpc) is 3.40. The molecular formula is C27H30ClN3O3. The fourth-order valence-corrected chi connectivity index (χ4v) is 5.00. The van der Waals surface area contributed by atoms with Crippen LogP contribution in [-0.4, -0.2) is 39.3 Å². The minimum atomic E-state index is -0.567. The smallest absolute Gasteiger partial charge is 0.410 e. The molecule has 0 N–H and O–H groups in total. The van der Waals surface area contributed by atoms with Gasteiger partial charge in [-0.1, -0.05) is 65.6 Å². The predicted molar refractivity (Wildman–Crippen MR) is 131 cm³/mol. The van der Waals surface area contributed by atoms with Crippen molar-refractivity contribution >= 4 is 17.7 Å². The molecule has 34 heavy (non-hydrogen) atoms. The van der Waals surface area contributed by atoms with Gasteiger partial charge in [0.05, 0.1) is 16.0 Å². The number of ether oxygens (including phenoxy) is 1. The van der Waals surface area contributed by atoms with Gasteiger partial charge in [-0.05, 0) is 57.7 Å². The lowest BCUT2D eigenvalue weighted by Gasteiger charge is -2.43. The van der Waals surface area contributed by atoms with Crippen molar-refractivity contribution in [2.75, 3.05) is 6.54 Å². The fourth-order valence-electron chi connectivity index (χ4n) is 4.79. The summed E-state index contributed by atoms with van der Waals surface area (Å²) in [6.45, 7) is 6.22. The van der Waals surface area contributed by atoms with Crippen LogP contribution in [0.2, 0.25) is 5.02 Å². The van der Waals surface area contributed by atoms with Gasteiger partial charge in [0, 0.05) is 18.5 Å². The number of nitrogens with zero attached hydrogens (tertiary/aromatic N) is 3. The van der Waals surface area contributed by atoms with Gasteiger partial charge >= 0.3 is 6.09 Å². The van der Waals surface area contributed by atoms with Crippen LogP contribution in [0.25, 0.3) is 11.5 Å². The third-order valence-electron chi connectivity index (χ3n) is 6.80. The monoisotopic (exact) mass is 479 g/mol. The van der Waals surface area contributed by atoms with E-state index in [4.69, 9.17) is 25.8 Å². The Morgan fingerprint density at radius 1 is 1.15 bits per heavy atom. The summed E-state index contributed by atoms with van der Waals surface area (Å²) >= 11 is 6.34. The van der Waals surface area contributed by atoms with Gasteiger partial charge < -0.3 is 14.2 Å². The van der Waals surface area contributed by atoms with Crippen LogP contribution in [0.15, 0.2) is 59.1 Å². The number of hydrogen-bond acceptors (Lipinski definition) is 5. The van der Waals surface area contributed by atoms with Crippen LogP contribution in [0.4, 0.5) is 4.79 Å². The van der Waals surface area contributed by atoms with Gasteiger partial charge in [0.2, 0.25) is 0 Å². The molecular weight excluding hydrogens is 450 g/mol. The number of carbonyl (C=O) groups is 1. The first-order chi connectivity index (χ1) is 16.3. The van der Waals surface area contributed by atoms with Gasteiger partial charge in [-0.2, -0.15) is 4.98 Å². The van der Waals surface area contributed by atoms with Crippen molar-refractivity contribution in [1.82, 2.24) is 15.0 Å². The van der Waals surface area contributed by atoms with Crippen molar-refractivity contribution in [3.63, 3.8) is 0 Å². The van der Waals surface area contributed by atoms with E-state index in [9.17, 15) is 4.79 Å². The van der Waals surface area contributed by atoms with E-state index in [0.717, 1.165) is 25.7 Å². The zero-order valence-electron chi connectivity index (χ0n) is 19.8. The maximum Gasteiger partial charge on any atom is 0.410 e. The van der Waals surface area contributed by atoms with E-state index in [1.807, 2.05) is 62.1 Å². The highest BCUT2D eigenvalue weighted by Crippen LogP contribution is 2.49. The minimum Gasteiger partial charge on any atom is -0.444 e. The van der Waals surface area contributed by atoms with E-state index in [1.165, 1.54) is 5.56 Å². The zero-order chi connectivity index (χ0) is 23.9. The molecule has 3 aromatic rings. The van der Waals surface area contributed by atoms with E-state index >= 15 is 0 Å². The van der Waals surface area contributed by atoms with Gasteiger partial charge in [0.1, 0.15) is 5.60 Å². The molecule has 2 aromatic carbocycles. The van der Waals surface area contributed by atoms with Crippen molar-refractivity contribution in [2.45, 2.75) is 69.4 Å². The third-order valence-corrected chi connectivity index (χ3v) is 7.13. The summed E-state index contributed by atoms with van der Waals surface area (Å²) in [5, 5.41) is 4.92. The molecule has 1 aromatic heterocycles. The topological polar surface area (TPSA) is 68.5 Å². The Labute approximate surface area is 205 Å². The highest BCUT2D eigenvalue weighted by atomic mass is 35.5. The molecule has 6 nitrogen and oxygen atoms in total. The third kappa shape index (κ3) is 4.56. The lowest BCUT2D eigenvalue weighted by molar-refractivity contribution is 0.0123. The normalized spacial score (nSPS) is 20.9. The number of rotatable bonds is 6. The Kier molecular flexibility index (Phi) is 5.88. The summed E-state index contributed by atoms with van der Waals surface area (Å²) in [4.78, 5) is 20.0. The first kappa shape index (κ1) is 22.9. The Hall–Kier alpha value is -2.86. The molecule has 0 spiro atoms. The van der Waals surface area contributed by atoms with E-state index in [2.05, 4.69) is 17.3 Å². The van der Waals surface area contributed by atoms with Crippen LogP contribution in [0.1, 0.15) is 63.8 Å². The Bertz CT molecular complexity index is 1170. The summed E-state index contributed by atoms with van der Waals surface area (Å²) in [7, 11) is 0.